The molecule has 0 bridgehead atoms. The molecule has 0 saturated carbocycles. The third-order valence-electron chi connectivity index (χ3n) is 2.50. The van der Waals surface area contributed by atoms with Crippen molar-refractivity contribution >= 4 is 0 Å². The molecule has 86 valence electrons. The van der Waals surface area contributed by atoms with E-state index in [1.807, 2.05) is 6.92 Å². The Balaban J connectivity index is 3.52. The van der Waals surface area contributed by atoms with Gasteiger partial charge in [0.2, 0.25) is 0 Å². The van der Waals surface area contributed by atoms with Crippen LogP contribution in [0.15, 0.2) is 0 Å². The molecule has 0 aromatic rings. The molecular formula is C11H24O3. The van der Waals surface area contributed by atoms with Gasteiger partial charge in [-0.05, 0) is 25.2 Å². The fraction of sp³-hybridized carbons (Fsp3) is 1.00. The van der Waals surface area contributed by atoms with E-state index in [4.69, 9.17) is 9.47 Å². The molecule has 2 atom stereocenters. The van der Waals surface area contributed by atoms with Gasteiger partial charge in [-0.3, -0.25) is 0 Å². The third-order valence-corrected chi connectivity index (χ3v) is 2.50. The van der Waals surface area contributed by atoms with Gasteiger partial charge in [-0.2, -0.15) is 0 Å². The zero-order valence-electron chi connectivity index (χ0n) is 9.82. The summed E-state index contributed by atoms with van der Waals surface area (Å²) in [6.45, 7) is 8.10. The number of hydrogen-bond donors (Lipinski definition) is 1. The first-order chi connectivity index (χ1) is 6.59. The Morgan fingerprint density at radius 2 is 1.71 bits per heavy atom. The maximum absolute atomic E-state index is 9.51. The summed E-state index contributed by atoms with van der Waals surface area (Å²) in [4.78, 5) is 0. The minimum atomic E-state index is -0.249. The van der Waals surface area contributed by atoms with Gasteiger partial charge in [0.05, 0.1) is 19.3 Å². The topological polar surface area (TPSA) is 38.7 Å². The second kappa shape index (κ2) is 8.21. The number of aliphatic hydroxyl groups is 1. The van der Waals surface area contributed by atoms with Gasteiger partial charge in [-0.15, -0.1) is 0 Å². The maximum Gasteiger partial charge on any atom is 0.0700 e. The van der Waals surface area contributed by atoms with E-state index in [2.05, 4.69) is 13.8 Å². The molecule has 0 fully saturated rings. The predicted molar refractivity (Wildman–Crippen MR) is 57.3 cm³/mol. The van der Waals surface area contributed by atoms with Crippen molar-refractivity contribution in [3.8, 4) is 0 Å². The summed E-state index contributed by atoms with van der Waals surface area (Å²) in [5.41, 5.74) is 0. The van der Waals surface area contributed by atoms with Gasteiger partial charge >= 0.3 is 0 Å². The molecular weight excluding hydrogens is 180 g/mol. The molecule has 3 nitrogen and oxygen atoms in total. The van der Waals surface area contributed by atoms with Crippen LogP contribution >= 0.6 is 0 Å². The molecule has 1 N–H and O–H groups in total. The molecule has 0 aliphatic carbocycles. The molecule has 14 heavy (non-hydrogen) atoms. The molecule has 2 unspecified atom stereocenters. The number of rotatable bonds is 8. The first-order valence-electron chi connectivity index (χ1n) is 5.34. The van der Waals surface area contributed by atoms with Gasteiger partial charge < -0.3 is 14.6 Å². The Morgan fingerprint density at radius 3 is 2.14 bits per heavy atom. The Kier molecular flexibility index (Phi) is 8.14. The monoisotopic (exact) mass is 204 g/mol. The first kappa shape index (κ1) is 13.9. The molecule has 0 spiro atoms. The van der Waals surface area contributed by atoms with E-state index in [-0.39, 0.29) is 6.10 Å². The average Bonchev–Trinajstić information content (AvgIpc) is 2.09. The van der Waals surface area contributed by atoms with Crippen LogP contribution in [0, 0.1) is 11.8 Å². The summed E-state index contributed by atoms with van der Waals surface area (Å²) in [5, 5.41) is 9.51. The van der Waals surface area contributed by atoms with Crippen LogP contribution < -0.4 is 0 Å². The average molecular weight is 204 g/mol. The number of aliphatic hydroxyl groups excluding tert-OH is 1. The smallest absolute Gasteiger partial charge is 0.0700 e. The zero-order chi connectivity index (χ0) is 11.0. The molecule has 0 amide bonds. The molecule has 0 aliphatic rings. The van der Waals surface area contributed by atoms with Crippen molar-refractivity contribution in [1.29, 1.82) is 0 Å². The standard InChI is InChI=1S/C11H24O3/c1-9(2)11(10(3)12)5-6-14-8-7-13-4/h9-12H,5-8H2,1-4H3. The fourth-order valence-electron chi connectivity index (χ4n) is 1.60. The minimum absolute atomic E-state index is 0.249. The van der Waals surface area contributed by atoms with Gasteiger partial charge in [0, 0.05) is 13.7 Å². The highest BCUT2D eigenvalue weighted by atomic mass is 16.5. The number of methoxy groups -OCH3 is 1. The molecule has 0 radical (unpaired) electrons. The molecule has 0 heterocycles. The fourth-order valence-corrected chi connectivity index (χ4v) is 1.60. The van der Waals surface area contributed by atoms with Crippen LogP contribution in [0.2, 0.25) is 0 Å². The minimum Gasteiger partial charge on any atom is -0.393 e. The van der Waals surface area contributed by atoms with Crippen molar-refractivity contribution < 1.29 is 14.6 Å². The van der Waals surface area contributed by atoms with Crippen molar-refractivity contribution in [1.82, 2.24) is 0 Å². The molecule has 3 heteroatoms. The largest absolute Gasteiger partial charge is 0.393 e. The van der Waals surface area contributed by atoms with Crippen molar-refractivity contribution in [3.05, 3.63) is 0 Å². The summed E-state index contributed by atoms with van der Waals surface area (Å²) >= 11 is 0. The van der Waals surface area contributed by atoms with Gasteiger partial charge in [-0.25, -0.2) is 0 Å². The van der Waals surface area contributed by atoms with Crippen molar-refractivity contribution in [3.63, 3.8) is 0 Å². The molecule has 0 rings (SSSR count). The lowest BCUT2D eigenvalue weighted by atomic mass is 9.88. The summed E-state index contributed by atoms with van der Waals surface area (Å²) in [6, 6.07) is 0. The van der Waals surface area contributed by atoms with E-state index in [0.29, 0.717) is 31.7 Å². The molecule has 0 aromatic carbocycles. The van der Waals surface area contributed by atoms with E-state index >= 15 is 0 Å². The highest BCUT2D eigenvalue weighted by molar-refractivity contribution is 4.68. The summed E-state index contributed by atoms with van der Waals surface area (Å²) < 4.78 is 10.2. The highest BCUT2D eigenvalue weighted by Gasteiger charge is 2.18. The zero-order valence-corrected chi connectivity index (χ0v) is 9.82. The summed E-state index contributed by atoms with van der Waals surface area (Å²) in [5.74, 6) is 0.832. The van der Waals surface area contributed by atoms with Gasteiger partial charge in [0.15, 0.2) is 0 Å². The Bertz CT molecular complexity index is 116. The second-order valence-corrected chi connectivity index (χ2v) is 4.04. The molecule has 0 aliphatic heterocycles. The van der Waals surface area contributed by atoms with E-state index in [0.717, 1.165) is 6.42 Å². The van der Waals surface area contributed by atoms with Crippen LogP contribution in [-0.4, -0.2) is 38.1 Å². The van der Waals surface area contributed by atoms with E-state index < -0.39 is 0 Å². The van der Waals surface area contributed by atoms with E-state index in [1.54, 1.807) is 7.11 Å². The normalized spacial score (nSPS) is 15.9. The predicted octanol–water partition coefficient (Wildman–Crippen LogP) is 1.69. The summed E-state index contributed by atoms with van der Waals surface area (Å²) in [6.07, 6.45) is 0.667. The van der Waals surface area contributed by atoms with Crippen LogP contribution in [0.25, 0.3) is 0 Å². The van der Waals surface area contributed by atoms with Crippen molar-refractivity contribution in [2.75, 3.05) is 26.9 Å². The Labute approximate surface area is 87.4 Å². The van der Waals surface area contributed by atoms with Crippen LogP contribution in [-0.2, 0) is 9.47 Å². The van der Waals surface area contributed by atoms with Crippen molar-refractivity contribution in [2.45, 2.75) is 33.3 Å². The number of ether oxygens (including phenoxy) is 2. The van der Waals surface area contributed by atoms with E-state index in [1.165, 1.54) is 0 Å². The number of hydrogen-bond acceptors (Lipinski definition) is 3. The lowest BCUT2D eigenvalue weighted by Crippen LogP contribution is -2.24. The lowest BCUT2D eigenvalue weighted by molar-refractivity contribution is 0.0355. The first-order valence-corrected chi connectivity index (χ1v) is 5.34. The van der Waals surface area contributed by atoms with Crippen LogP contribution in [0.4, 0.5) is 0 Å². The van der Waals surface area contributed by atoms with Gasteiger partial charge in [0.25, 0.3) is 0 Å². The van der Waals surface area contributed by atoms with Crippen LogP contribution in [0.5, 0.6) is 0 Å². The van der Waals surface area contributed by atoms with Gasteiger partial charge in [-0.1, -0.05) is 13.8 Å². The van der Waals surface area contributed by atoms with E-state index in [9.17, 15) is 5.11 Å². The van der Waals surface area contributed by atoms with Crippen LogP contribution in [0.1, 0.15) is 27.2 Å². The highest BCUT2D eigenvalue weighted by Crippen LogP contribution is 2.19. The Morgan fingerprint density at radius 1 is 1.07 bits per heavy atom. The third kappa shape index (κ3) is 6.35. The lowest BCUT2D eigenvalue weighted by Gasteiger charge is -2.23. The molecule has 0 aromatic heterocycles. The quantitative estimate of drug-likeness (QED) is 0.611. The SMILES string of the molecule is COCCOCCC(C(C)C)C(C)O. The van der Waals surface area contributed by atoms with Crippen molar-refractivity contribution in [2.24, 2.45) is 11.8 Å². The summed E-state index contributed by atoms with van der Waals surface area (Å²) in [7, 11) is 1.66. The maximum atomic E-state index is 9.51. The molecule has 0 saturated heterocycles. The Hall–Kier alpha value is -0.120. The van der Waals surface area contributed by atoms with Gasteiger partial charge in [0.1, 0.15) is 0 Å². The van der Waals surface area contributed by atoms with Crippen LogP contribution in [0.3, 0.4) is 0 Å². The second-order valence-electron chi connectivity index (χ2n) is 4.04.